The lowest BCUT2D eigenvalue weighted by atomic mass is 10.2. The van der Waals surface area contributed by atoms with Gasteiger partial charge in [0.2, 0.25) is 0 Å². The molecule has 0 radical (unpaired) electrons. The largest absolute Gasteiger partial charge is 0.337 e. The van der Waals surface area contributed by atoms with Crippen molar-refractivity contribution in [1.82, 2.24) is 10.2 Å². The van der Waals surface area contributed by atoms with Gasteiger partial charge in [-0.05, 0) is 17.7 Å². The summed E-state index contributed by atoms with van der Waals surface area (Å²) in [4.78, 5) is 13.0. The molecule has 0 aliphatic heterocycles. The first-order valence-electron chi connectivity index (χ1n) is 5.79. The third-order valence-corrected chi connectivity index (χ3v) is 3.75. The third-order valence-electron chi connectivity index (χ3n) is 2.50. The molecule has 0 spiro atoms. The van der Waals surface area contributed by atoms with Crippen molar-refractivity contribution in [3.05, 3.63) is 34.6 Å². The zero-order valence-corrected chi connectivity index (χ0v) is 12.8. The Bertz CT molecular complexity index is 592. The molecule has 0 saturated carbocycles. The fourth-order valence-corrected chi connectivity index (χ4v) is 2.05. The minimum absolute atomic E-state index is 0.0222. The molecule has 0 aromatic heterocycles. The highest BCUT2D eigenvalue weighted by Crippen LogP contribution is 2.16. The number of hydrogen-bond acceptors (Lipinski definition) is 3. The van der Waals surface area contributed by atoms with Crippen LogP contribution in [0.4, 0.5) is 9.18 Å². The standard InChI is InChI=1S/C12H16ClFN2O3S/c1-16(12(17)15-5-6-20(2,18)19)8-9-3-4-10(13)11(14)7-9/h3-4,7H,5-6,8H2,1-2H3,(H,15,17). The van der Waals surface area contributed by atoms with Crippen molar-refractivity contribution >= 4 is 27.5 Å². The van der Waals surface area contributed by atoms with E-state index in [2.05, 4.69) is 5.32 Å². The molecule has 0 aliphatic carbocycles. The van der Waals surface area contributed by atoms with Crippen molar-refractivity contribution in [2.45, 2.75) is 6.54 Å². The number of carbonyl (C=O) groups is 1. The van der Waals surface area contributed by atoms with Gasteiger partial charge < -0.3 is 10.2 Å². The van der Waals surface area contributed by atoms with Crippen molar-refractivity contribution < 1.29 is 17.6 Å². The van der Waals surface area contributed by atoms with Crippen molar-refractivity contribution in [1.29, 1.82) is 0 Å². The van der Waals surface area contributed by atoms with Gasteiger partial charge in [-0.2, -0.15) is 0 Å². The van der Waals surface area contributed by atoms with Gasteiger partial charge in [-0.15, -0.1) is 0 Å². The first-order chi connectivity index (χ1) is 9.19. The topological polar surface area (TPSA) is 66.5 Å². The molecular weight excluding hydrogens is 307 g/mol. The summed E-state index contributed by atoms with van der Waals surface area (Å²) in [6, 6.07) is 3.86. The number of carbonyl (C=O) groups excluding carboxylic acids is 1. The molecule has 112 valence electrons. The molecule has 0 atom stereocenters. The smallest absolute Gasteiger partial charge is 0.317 e. The Balaban J connectivity index is 2.51. The highest BCUT2D eigenvalue weighted by molar-refractivity contribution is 7.90. The van der Waals surface area contributed by atoms with Crippen LogP contribution >= 0.6 is 11.6 Å². The Morgan fingerprint density at radius 2 is 2.10 bits per heavy atom. The highest BCUT2D eigenvalue weighted by Gasteiger charge is 2.11. The summed E-state index contributed by atoms with van der Waals surface area (Å²) in [6.07, 6.45) is 1.10. The molecule has 20 heavy (non-hydrogen) atoms. The van der Waals surface area contributed by atoms with Crippen molar-refractivity contribution in [2.75, 3.05) is 25.6 Å². The van der Waals surface area contributed by atoms with E-state index in [0.717, 1.165) is 6.26 Å². The van der Waals surface area contributed by atoms with E-state index in [1.807, 2.05) is 0 Å². The number of nitrogens with zero attached hydrogens (tertiary/aromatic N) is 1. The number of nitrogens with one attached hydrogen (secondary N) is 1. The molecule has 1 rings (SSSR count). The Morgan fingerprint density at radius 3 is 2.65 bits per heavy atom. The molecule has 0 bridgehead atoms. The van der Waals surface area contributed by atoms with E-state index in [0.29, 0.717) is 5.56 Å². The van der Waals surface area contributed by atoms with E-state index < -0.39 is 21.7 Å². The Kier molecular flexibility index (Phi) is 5.76. The summed E-state index contributed by atoms with van der Waals surface area (Å²) in [6.45, 7) is 0.232. The third kappa shape index (κ3) is 5.75. The molecular formula is C12H16ClFN2O3S. The summed E-state index contributed by atoms with van der Waals surface area (Å²) >= 11 is 5.57. The van der Waals surface area contributed by atoms with Crippen LogP contribution in [0.3, 0.4) is 0 Å². The summed E-state index contributed by atoms with van der Waals surface area (Å²) in [5.74, 6) is -0.669. The lowest BCUT2D eigenvalue weighted by Gasteiger charge is -2.18. The number of halogens is 2. The zero-order chi connectivity index (χ0) is 15.3. The summed E-state index contributed by atoms with van der Waals surface area (Å²) in [5.41, 5.74) is 0.590. The fourth-order valence-electron chi connectivity index (χ4n) is 1.46. The second kappa shape index (κ2) is 6.90. The van der Waals surface area contributed by atoms with E-state index in [9.17, 15) is 17.6 Å². The normalized spacial score (nSPS) is 11.2. The number of rotatable bonds is 5. The molecule has 8 heteroatoms. The van der Waals surface area contributed by atoms with Gasteiger partial charge in [0.05, 0.1) is 10.8 Å². The first kappa shape index (κ1) is 16.7. The van der Waals surface area contributed by atoms with Crippen LogP contribution in [0.5, 0.6) is 0 Å². The number of amides is 2. The molecule has 0 unspecified atom stereocenters. The average molecular weight is 323 g/mol. The second-order valence-electron chi connectivity index (χ2n) is 4.47. The van der Waals surface area contributed by atoms with E-state index >= 15 is 0 Å². The van der Waals surface area contributed by atoms with Crippen molar-refractivity contribution in [2.24, 2.45) is 0 Å². The predicted molar refractivity (Wildman–Crippen MR) is 76.0 cm³/mol. The number of urea groups is 1. The maximum Gasteiger partial charge on any atom is 0.317 e. The van der Waals surface area contributed by atoms with Crippen LogP contribution in [-0.4, -0.2) is 44.9 Å². The van der Waals surface area contributed by atoms with E-state index in [1.165, 1.54) is 24.1 Å². The summed E-state index contributed by atoms with van der Waals surface area (Å²) < 4.78 is 35.1. The molecule has 0 heterocycles. The van der Waals surface area contributed by atoms with Crippen LogP contribution in [0.15, 0.2) is 18.2 Å². The molecule has 1 N–H and O–H groups in total. The molecule has 5 nitrogen and oxygen atoms in total. The van der Waals surface area contributed by atoms with Crippen molar-refractivity contribution in [3.63, 3.8) is 0 Å². The van der Waals surface area contributed by atoms with Gasteiger partial charge >= 0.3 is 6.03 Å². The predicted octanol–water partition coefficient (Wildman–Crippen LogP) is 1.67. The van der Waals surface area contributed by atoms with Crippen molar-refractivity contribution in [3.8, 4) is 0 Å². The Morgan fingerprint density at radius 1 is 1.45 bits per heavy atom. The van der Waals surface area contributed by atoms with Gasteiger partial charge in [-0.25, -0.2) is 17.6 Å². The van der Waals surface area contributed by atoms with Gasteiger partial charge in [-0.1, -0.05) is 17.7 Å². The van der Waals surface area contributed by atoms with Gasteiger partial charge in [0.25, 0.3) is 0 Å². The minimum atomic E-state index is -3.11. The SMILES string of the molecule is CN(Cc1ccc(Cl)c(F)c1)C(=O)NCCS(C)(=O)=O. The molecule has 0 saturated heterocycles. The number of benzene rings is 1. The van der Waals surface area contributed by atoms with E-state index in [-0.39, 0.29) is 23.9 Å². The van der Waals surface area contributed by atoms with E-state index in [4.69, 9.17) is 11.6 Å². The first-order valence-corrected chi connectivity index (χ1v) is 8.23. The van der Waals surface area contributed by atoms with E-state index in [1.54, 1.807) is 6.07 Å². The monoisotopic (exact) mass is 322 g/mol. The maximum absolute atomic E-state index is 13.2. The van der Waals surface area contributed by atoms with Gasteiger partial charge in [0.15, 0.2) is 0 Å². The Hall–Kier alpha value is -1.34. The Labute approximate surface area is 122 Å². The van der Waals surface area contributed by atoms with Gasteiger partial charge in [0, 0.05) is 26.4 Å². The molecule has 0 fully saturated rings. The van der Waals surface area contributed by atoms with Gasteiger partial charge in [0.1, 0.15) is 15.7 Å². The summed E-state index contributed by atoms with van der Waals surface area (Å²) in [5, 5.41) is 2.50. The second-order valence-corrected chi connectivity index (χ2v) is 7.13. The van der Waals surface area contributed by atoms with Gasteiger partial charge in [-0.3, -0.25) is 0 Å². The average Bonchev–Trinajstić information content (AvgIpc) is 2.32. The van der Waals surface area contributed by atoms with Crippen LogP contribution in [0.2, 0.25) is 5.02 Å². The van der Waals surface area contributed by atoms with Crippen LogP contribution in [0.1, 0.15) is 5.56 Å². The lowest BCUT2D eigenvalue weighted by Crippen LogP contribution is -2.38. The molecule has 1 aromatic carbocycles. The molecule has 1 aromatic rings. The molecule has 0 aliphatic rings. The van der Waals surface area contributed by atoms with Crippen LogP contribution in [0, 0.1) is 5.82 Å². The quantitative estimate of drug-likeness (QED) is 0.896. The number of sulfone groups is 1. The minimum Gasteiger partial charge on any atom is -0.337 e. The van der Waals surface area contributed by atoms with Crippen LogP contribution in [0.25, 0.3) is 0 Å². The highest BCUT2D eigenvalue weighted by atomic mass is 35.5. The fraction of sp³-hybridized carbons (Fsp3) is 0.417. The molecule has 2 amide bonds. The lowest BCUT2D eigenvalue weighted by molar-refractivity contribution is 0.207. The maximum atomic E-state index is 13.2. The number of hydrogen-bond donors (Lipinski definition) is 1. The zero-order valence-electron chi connectivity index (χ0n) is 11.2. The summed E-state index contributed by atoms with van der Waals surface area (Å²) in [7, 11) is -1.58. The van der Waals surface area contributed by atoms with Crippen LogP contribution in [-0.2, 0) is 16.4 Å². The van der Waals surface area contributed by atoms with Crippen LogP contribution < -0.4 is 5.32 Å².